The molecule has 0 aliphatic carbocycles. The van der Waals surface area contributed by atoms with E-state index in [4.69, 9.17) is 22.1 Å². The number of rotatable bonds is 9. The molecule has 1 heterocycles. The average molecular weight is 557 g/mol. The molecule has 11 nitrogen and oxygen atoms in total. The Morgan fingerprint density at radius 1 is 1.03 bits per heavy atom. The van der Waals surface area contributed by atoms with Gasteiger partial charge in [-0.1, -0.05) is 17.3 Å². The Morgan fingerprint density at radius 2 is 1.62 bits per heavy atom. The second kappa shape index (κ2) is 11.5. The minimum atomic E-state index is -3.99. The standard InChI is InChI=1S/C23H20N6O5S3/c1-2-13-29-20-10-9-19(36(26,31)32)16-21(20)35-23(29)27-22(30)17-5-7-18(8-6-17)37(33,34)28(14-3-11-24)15-4-12-25/h1,5-10,16H,3-4,13-15H2,(H2,26,31,32). The number of hydrogen-bond acceptors (Lipinski definition) is 8. The number of sulfonamides is 2. The molecule has 1 aromatic heterocycles. The highest BCUT2D eigenvalue weighted by atomic mass is 32.2. The van der Waals surface area contributed by atoms with Crippen molar-refractivity contribution in [3.8, 4) is 24.5 Å². The van der Waals surface area contributed by atoms with Crippen LogP contribution in [-0.4, -0.2) is 44.7 Å². The summed E-state index contributed by atoms with van der Waals surface area (Å²) in [6, 6.07) is 13.1. The first-order valence-electron chi connectivity index (χ1n) is 10.6. The molecule has 2 N–H and O–H groups in total. The van der Waals surface area contributed by atoms with Gasteiger partial charge >= 0.3 is 0 Å². The van der Waals surface area contributed by atoms with E-state index in [0.717, 1.165) is 15.6 Å². The van der Waals surface area contributed by atoms with Crippen LogP contribution in [0.5, 0.6) is 0 Å². The van der Waals surface area contributed by atoms with Crippen LogP contribution in [0.15, 0.2) is 57.2 Å². The summed E-state index contributed by atoms with van der Waals surface area (Å²) in [4.78, 5) is 17.0. The Labute approximate surface area is 217 Å². The first-order chi connectivity index (χ1) is 17.5. The smallest absolute Gasteiger partial charge is 0.279 e. The van der Waals surface area contributed by atoms with Gasteiger partial charge in [-0.15, -0.1) is 6.42 Å². The van der Waals surface area contributed by atoms with Crippen LogP contribution >= 0.6 is 11.3 Å². The fraction of sp³-hybridized carbons (Fsp3) is 0.217. The molecule has 0 saturated carbocycles. The molecular weight excluding hydrogens is 536 g/mol. The number of hydrogen-bond donors (Lipinski definition) is 1. The van der Waals surface area contributed by atoms with E-state index < -0.39 is 26.0 Å². The topological polar surface area (TPSA) is 179 Å². The van der Waals surface area contributed by atoms with E-state index in [1.54, 1.807) is 4.57 Å². The quantitative estimate of drug-likeness (QED) is 0.388. The van der Waals surface area contributed by atoms with Crippen molar-refractivity contribution < 1.29 is 21.6 Å². The maximum atomic E-state index is 13.0. The van der Waals surface area contributed by atoms with Crippen molar-refractivity contribution in [3.63, 3.8) is 0 Å². The van der Waals surface area contributed by atoms with Crippen LogP contribution in [0.25, 0.3) is 10.2 Å². The van der Waals surface area contributed by atoms with Gasteiger partial charge in [0.15, 0.2) is 4.80 Å². The normalized spacial score (nSPS) is 12.2. The lowest BCUT2D eigenvalue weighted by molar-refractivity contribution is 0.0997. The molecule has 0 fully saturated rings. The van der Waals surface area contributed by atoms with Crippen LogP contribution < -0.4 is 9.94 Å². The number of benzene rings is 2. The second-order valence-electron chi connectivity index (χ2n) is 7.51. The number of fused-ring (bicyclic) bond motifs is 1. The van der Waals surface area contributed by atoms with Gasteiger partial charge in [0.2, 0.25) is 20.0 Å². The number of thiazole rings is 1. The van der Waals surface area contributed by atoms with Crippen molar-refractivity contribution in [3.05, 3.63) is 52.8 Å². The number of carbonyl (C=O) groups excluding carboxylic acids is 1. The van der Waals surface area contributed by atoms with Gasteiger partial charge in [-0.25, -0.2) is 22.0 Å². The average Bonchev–Trinajstić information content (AvgIpc) is 3.19. The number of amides is 1. The van der Waals surface area contributed by atoms with Crippen molar-refractivity contribution in [2.24, 2.45) is 10.1 Å². The third-order valence-electron chi connectivity index (χ3n) is 5.11. The molecule has 0 saturated heterocycles. The van der Waals surface area contributed by atoms with Crippen molar-refractivity contribution in [2.45, 2.75) is 29.2 Å². The van der Waals surface area contributed by atoms with E-state index in [0.29, 0.717) is 10.2 Å². The molecule has 0 aliphatic rings. The van der Waals surface area contributed by atoms with E-state index in [-0.39, 0.29) is 52.6 Å². The van der Waals surface area contributed by atoms with Gasteiger partial charge in [-0.05, 0) is 42.5 Å². The number of nitriles is 2. The first-order valence-corrected chi connectivity index (χ1v) is 14.4. The fourth-order valence-electron chi connectivity index (χ4n) is 3.33. The minimum absolute atomic E-state index is 0.0361. The highest BCUT2D eigenvalue weighted by molar-refractivity contribution is 7.89. The van der Waals surface area contributed by atoms with Crippen LogP contribution in [0.1, 0.15) is 23.2 Å². The molecule has 1 amide bonds. The zero-order valence-electron chi connectivity index (χ0n) is 19.2. The van der Waals surface area contributed by atoms with E-state index in [2.05, 4.69) is 10.9 Å². The Morgan fingerprint density at radius 3 is 2.16 bits per heavy atom. The van der Waals surface area contributed by atoms with Gasteiger partial charge in [-0.3, -0.25) is 4.79 Å². The summed E-state index contributed by atoms with van der Waals surface area (Å²) in [6.07, 6.45) is 5.39. The number of terminal acetylenes is 1. The molecule has 37 heavy (non-hydrogen) atoms. The summed E-state index contributed by atoms with van der Waals surface area (Å²) < 4.78 is 52.4. The second-order valence-corrected chi connectivity index (χ2v) is 12.0. The van der Waals surface area contributed by atoms with Gasteiger partial charge in [0.05, 0.1) is 38.7 Å². The highest BCUT2D eigenvalue weighted by Crippen LogP contribution is 2.22. The molecule has 190 valence electrons. The Bertz CT molecular complexity index is 1730. The molecule has 0 atom stereocenters. The third kappa shape index (κ3) is 6.30. The maximum absolute atomic E-state index is 13.0. The predicted molar refractivity (Wildman–Crippen MR) is 136 cm³/mol. The Kier molecular flexibility index (Phi) is 8.61. The largest absolute Gasteiger partial charge is 0.305 e. The van der Waals surface area contributed by atoms with Crippen LogP contribution in [-0.2, 0) is 26.6 Å². The summed E-state index contributed by atoms with van der Waals surface area (Å²) in [6.45, 7) is -0.0606. The lowest BCUT2D eigenvalue weighted by Crippen LogP contribution is -2.32. The molecule has 3 aromatic rings. The number of aromatic nitrogens is 1. The lowest BCUT2D eigenvalue weighted by Gasteiger charge is -2.20. The number of nitrogens with two attached hydrogens (primary N) is 1. The van der Waals surface area contributed by atoms with Crippen LogP contribution in [0.3, 0.4) is 0 Å². The summed E-state index contributed by atoms with van der Waals surface area (Å²) in [7, 11) is -7.92. The summed E-state index contributed by atoms with van der Waals surface area (Å²) in [5.74, 6) is 1.80. The lowest BCUT2D eigenvalue weighted by atomic mass is 10.2. The molecule has 2 aromatic carbocycles. The molecule has 0 aliphatic heterocycles. The fourth-order valence-corrected chi connectivity index (χ4v) is 6.45. The van der Waals surface area contributed by atoms with Gasteiger partial charge < -0.3 is 4.57 Å². The monoisotopic (exact) mass is 556 g/mol. The zero-order chi connectivity index (χ0) is 27.2. The Balaban J connectivity index is 1.98. The number of nitrogens with zero attached hydrogens (tertiary/aromatic N) is 5. The zero-order valence-corrected chi connectivity index (χ0v) is 21.7. The molecule has 0 bridgehead atoms. The van der Waals surface area contributed by atoms with Crippen molar-refractivity contribution >= 4 is 47.5 Å². The summed E-state index contributed by atoms with van der Waals surface area (Å²) in [5, 5.41) is 22.8. The van der Waals surface area contributed by atoms with Gasteiger partial charge in [0.25, 0.3) is 5.91 Å². The molecule has 0 radical (unpaired) electrons. The molecule has 3 rings (SSSR count). The highest BCUT2D eigenvalue weighted by Gasteiger charge is 2.24. The van der Waals surface area contributed by atoms with Crippen LogP contribution in [0.2, 0.25) is 0 Å². The minimum Gasteiger partial charge on any atom is -0.305 e. The third-order valence-corrected chi connectivity index (χ3v) is 8.98. The van der Waals surface area contributed by atoms with Crippen molar-refractivity contribution in [1.82, 2.24) is 8.87 Å². The summed E-state index contributed by atoms with van der Waals surface area (Å²) in [5.41, 5.74) is 0.674. The van der Waals surface area contributed by atoms with E-state index >= 15 is 0 Å². The molecule has 14 heteroatoms. The molecular formula is C23H20N6O5S3. The first kappa shape index (κ1) is 27.7. The predicted octanol–water partition coefficient (Wildman–Crippen LogP) is 1.54. The van der Waals surface area contributed by atoms with Crippen LogP contribution in [0, 0.1) is 35.0 Å². The maximum Gasteiger partial charge on any atom is 0.279 e. The van der Waals surface area contributed by atoms with Crippen molar-refractivity contribution in [2.75, 3.05) is 13.1 Å². The van der Waals surface area contributed by atoms with Crippen molar-refractivity contribution in [1.29, 1.82) is 10.5 Å². The molecule has 0 spiro atoms. The SMILES string of the molecule is C#CCn1c(=NC(=O)c2ccc(S(=O)(=O)N(CCC#N)CCC#N)cc2)sc2cc(S(N)(=O)=O)ccc21. The Hall–Kier alpha value is -3.84. The number of carbonyl (C=O) groups is 1. The summed E-state index contributed by atoms with van der Waals surface area (Å²) >= 11 is 1.05. The number of primary sulfonamides is 1. The van der Waals surface area contributed by atoms with E-state index in [9.17, 15) is 21.6 Å². The van der Waals surface area contributed by atoms with Crippen LogP contribution in [0.4, 0.5) is 0 Å². The van der Waals surface area contributed by atoms with Gasteiger partial charge in [0, 0.05) is 31.5 Å². The van der Waals surface area contributed by atoms with Gasteiger partial charge in [0.1, 0.15) is 0 Å². The molecule has 0 unspecified atom stereocenters. The van der Waals surface area contributed by atoms with E-state index in [1.165, 1.54) is 42.5 Å². The van der Waals surface area contributed by atoms with Gasteiger partial charge in [-0.2, -0.15) is 19.8 Å². The van der Waals surface area contributed by atoms with E-state index in [1.807, 2.05) is 12.1 Å².